The van der Waals surface area contributed by atoms with E-state index in [1.807, 2.05) is 0 Å². The maximum Gasteiger partial charge on any atom is 0.120 e. The van der Waals surface area contributed by atoms with Crippen molar-refractivity contribution in [2.45, 2.75) is 0 Å². The lowest BCUT2D eigenvalue weighted by Gasteiger charge is -2.24. The van der Waals surface area contributed by atoms with Gasteiger partial charge < -0.3 is 9.94 Å². The van der Waals surface area contributed by atoms with Gasteiger partial charge in [-0.1, -0.05) is 0 Å². The predicted molar refractivity (Wildman–Crippen MR) is 44.7 cm³/mol. The molecule has 0 fully saturated rings. The molecule has 80 valence electrons. The molecule has 0 radical (unpaired) electrons. The van der Waals surface area contributed by atoms with Crippen LogP contribution >= 0.6 is 0 Å². The molecule has 0 atom stereocenters. The zero-order chi connectivity index (χ0) is 10.1. The van der Waals surface area contributed by atoms with E-state index in [4.69, 9.17) is 14.8 Å². The van der Waals surface area contributed by atoms with E-state index in [1.54, 1.807) is 0 Å². The monoisotopic (exact) mass is 195 g/mol. The molecule has 0 unspecified atom stereocenters. The lowest BCUT2D eigenvalue weighted by atomic mass is 10.9. The Hall–Kier alpha value is -0.280. The minimum absolute atomic E-state index is 0.205. The van der Waals surface area contributed by atoms with E-state index in [1.165, 1.54) is 31.5 Å². The number of hydrogen-bond donors (Lipinski definition) is 2. The lowest BCUT2D eigenvalue weighted by Crippen LogP contribution is -2.41. The fourth-order valence-corrected chi connectivity index (χ4v) is 0.645. The standard InChI is InChI=1S/C6H17N3O4/c1-11-7-4-8(12-2)5-9(6-10)13-3/h7,10H,4-6H2,1-3H3. The maximum absolute atomic E-state index is 8.76. The molecule has 7 heteroatoms. The molecule has 2 N–H and O–H groups in total. The first kappa shape index (κ1) is 12.7. The average Bonchev–Trinajstić information content (AvgIpc) is 2.19. The summed E-state index contributed by atoms with van der Waals surface area (Å²) in [6.07, 6.45) is 0. The van der Waals surface area contributed by atoms with Crippen LogP contribution in [0.3, 0.4) is 0 Å². The summed E-state index contributed by atoms with van der Waals surface area (Å²) in [5.41, 5.74) is 2.59. The Morgan fingerprint density at radius 1 is 1.15 bits per heavy atom. The quantitative estimate of drug-likeness (QED) is 0.370. The number of hydrogen-bond acceptors (Lipinski definition) is 7. The van der Waals surface area contributed by atoms with Gasteiger partial charge in [-0.2, -0.15) is 10.5 Å². The Morgan fingerprint density at radius 2 is 1.77 bits per heavy atom. The second kappa shape index (κ2) is 8.32. The molecule has 0 aromatic rings. The number of nitrogens with zero attached hydrogens (tertiary/aromatic N) is 2. The fourth-order valence-electron chi connectivity index (χ4n) is 0.645. The molecule has 0 aliphatic rings. The normalized spacial score (nSPS) is 11.5. The molecule has 0 heterocycles. The number of aliphatic hydroxyl groups excluding tert-OH is 1. The van der Waals surface area contributed by atoms with E-state index in [-0.39, 0.29) is 6.73 Å². The van der Waals surface area contributed by atoms with Crippen molar-refractivity contribution in [2.24, 2.45) is 0 Å². The topological polar surface area (TPSA) is 66.4 Å². The fraction of sp³-hybridized carbons (Fsp3) is 1.00. The molecule has 13 heavy (non-hydrogen) atoms. The van der Waals surface area contributed by atoms with Gasteiger partial charge in [-0.25, -0.2) is 0 Å². The van der Waals surface area contributed by atoms with Gasteiger partial charge in [0.2, 0.25) is 0 Å². The van der Waals surface area contributed by atoms with Gasteiger partial charge in [0, 0.05) is 0 Å². The van der Waals surface area contributed by atoms with Gasteiger partial charge >= 0.3 is 0 Å². The summed E-state index contributed by atoms with van der Waals surface area (Å²) in [5.74, 6) is 0. The van der Waals surface area contributed by atoms with Crippen LogP contribution in [0.1, 0.15) is 0 Å². The highest BCUT2D eigenvalue weighted by atomic mass is 16.7. The largest absolute Gasteiger partial charge is 0.379 e. The highest BCUT2D eigenvalue weighted by Gasteiger charge is 2.08. The Balaban J connectivity index is 3.67. The van der Waals surface area contributed by atoms with Crippen molar-refractivity contribution in [2.75, 3.05) is 41.4 Å². The van der Waals surface area contributed by atoms with Crippen LogP contribution in [0.5, 0.6) is 0 Å². The Labute approximate surface area is 77.6 Å². The van der Waals surface area contributed by atoms with Crippen molar-refractivity contribution < 1.29 is 19.6 Å². The van der Waals surface area contributed by atoms with E-state index >= 15 is 0 Å². The molecule has 0 saturated carbocycles. The number of aliphatic hydroxyl groups is 1. The second-order valence-corrected chi connectivity index (χ2v) is 2.12. The molecule has 0 bridgehead atoms. The SMILES string of the molecule is CONCN(CN(CO)OC)OC. The van der Waals surface area contributed by atoms with Gasteiger partial charge in [0.25, 0.3) is 0 Å². The summed E-state index contributed by atoms with van der Waals surface area (Å²) in [4.78, 5) is 14.4. The molecule has 7 nitrogen and oxygen atoms in total. The van der Waals surface area contributed by atoms with Crippen LogP contribution < -0.4 is 5.48 Å². The third-order valence-electron chi connectivity index (χ3n) is 1.37. The third kappa shape index (κ3) is 5.88. The van der Waals surface area contributed by atoms with E-state index in [0.29, 0.717) is 13.3 Å². The van der Waals surface area contributed by atoms with Gasteiger partial charge in [-0.15, -0.1) is 5.06 Å². The van der Waals surface area contributed by atoms with Crippen molar-refractivity contribution in [3.05, 3.63) is 0 Å². The summed E-state index contributed by atoms with van der Waals surface area (Å²) in [5, 5.41) is 11.6. The van der Waals surface area contributed by atoms with Crippen molar-refractivity contribution in [3.63, 3.8) is 0 Å². The first-order valence-corrected chi connectivity index (χ1v) is 3.73. The minimum atomic E-state index is -0.205. The summed E-state index contributed by atoms with van der Waals surface area (Å²) < 4.78 is 0. The average molecular weight is 195 g/mol. The molecular formula is C6H17N3O4. The highest BCUT2D eigenvalue weighted by molar-refractivity contribution is 4.35. The lowest BCUT2D eigenvalue weighted by molar-refractivity contribution is -0.262. The molecule has 0 aliphatic carbocycles. The number of nitrogens with one attached hydrogen (secondary N) is 1. The van der Waals surface area contributed by atoms with Crippen molar-refractivity contribution in [3.8, 4) is 0 Å². The summed E-state index contributed by atoms with van der Waals surface area (Å²) in [6, 6.07) is 0. The van der Waals surface area contributed by atoms with E-state index in [0.717, 1.165) is 0 Å². The Bertz CT molecular complexity index is 112. The van der Waals surface area contributed by atoms with Gasteiger partial charge in [-0.05, 0) is 0 Å². The molecule has 0 spiro atoms. The highest BCUT2D eigenvalue weighted by Crippen LogP contribution is 1.92. The van der Waals surface area contributed by atoms with Crippen molar-refractivity contribution in [1.82, 2.24) is 15.6 Å². The summed E-state index contributed by atoms with van der Waals surface area (Å²) in [7, 11) is 4.49. The van der Waals surface area contributed by atoms with Crippen LogP contribution in [0.4, 0.5) is 0 Å². The third-order valence-corrected chi connectivity index (χ3v) is 1.37. The van der Waals surface area contributed by atoms with Gasteiger partial charge in [0.1, 0.15) is 13.4 Å². The Morgan fingerprint density at radius 3 is 2.15 bits per heavy atom. The summed E-state index contributed by atoms with van der Waals surface area (Å²) >= 11 is 0. The van der Waals surface area contributed by atoms with Crippen LogP contribution in [0.25, 0.3) is 0 Å². The van der Waals surface area contributed by atoms with Gasteiger partial charge in [0.15, 0.2) is 0 Å². The molecule has 0 saturated heterocycles. The first-order chi connectivity index (χ1) is 6.28. The van der Waals surface area contributed by atoms with Crippen LogP contribution in [-0.2, 0) is 14.5 Å². The second-order valence-electron chi connectivity index (χ2n) is 2.12. The van der Waals surface area contributed by atoms with E-state index in [9.17, 15) is 0 Å². The molecular weight excluding hydrogens is 178 g/mol. The molecule has 0 aromatic carbocycles. The zero-order valence-corrected chi connectivity index (χ0v) is 8.19. The molecule has 0 aliphatic heterocycles. The van der Waals surface area contributed by atoms with Crippen LogP contribution in [0, 0.1) is 0 Å². The number of rotatable bonds is 8. The number of hydroxylamine groups is 5. The minimum Gasteiger partial charge on any atom is -0.379 e. The molecule has 0 rings (SSSR count). The molecule has 0 amide bonds. The molecule has 0 aromatic heterocycles. The maximum atomic E-state index is 8.76. The first-order valence-electron chi connectivity index (χ1n) is 3.73. The van der Waals surface area contributed by atoms with E-state index in [2.05, 4.69) is 10.3 Å². The van der Waals surface area contributed by atoms with Crippen LogP contribution in [0.2, 0.25) is 0 Å². The smallest absolute Gasteiger partial charge is 0.120 e. The van der Waals surface area contributed by atoms with Crippen LogP contribution in [-0.4, -0.2) is 56.6 Å². The zero-order valence-electron chi connectivity index (χ0n) is 8.19. The Kier molecular flexibility index (Phi) is 8.14. The van der Waals surface area contributed by atoms with Crippen molar-refractivity contribution >= 4 is 0 Å². The summed E-state index contributed by atoms with van der Waals surface area (Å²) in [6.45, 7) is 0.468. The van der Waals surface area contributed by atoms with Gasteiger partial charge in [-0.3, -0.25) is 9.68 Å². The van der Waals surface area contributed by atoms with Gasteiger partial charge in [0.05, 0.1) is 28.0 Å². The predicted octanol–water partition coefficient (Wildman–Crippen LogP) is -1.27. The van der Waals surface area contributed by atoms with Crippen LogP contribution in [0.15, 0.2) is 0 Å². The van der Waals surface area contributed by atoms with E-state index < -0.39 is 0 Å². The van der Waals surface area contributed by atoms with Crippen molar-refractivity contribution in [1.29, 1.82) is 0 Å².